The number of para-hydroxylation sites is 1. The molecule has 1 aliphatic rings. The summed E-state index contributed by atoms with van der Waals surface area (Å²) in [5.74, 6) is 2.26. The maximum atomic E-state index is 6.14. The van der Waals surface area contributed by atoms with Crippen molar-refractivity contribution >= 4 is 23.1 Å². The van der Waals surface area contributed by atoms with Crippen molar-refractivity contribution in [2.24, 2.45) is 0 Å². The van der Waals surface area contributed by atoms with Crippen LogP contribution in [0.25, 0.3) is 11.4 Å². The van der Waals surface area contributed by atoms with Crippen LogP contribution >= 0.6 is 11.6 Å². The number of halogens is 1. The molecule has 0 radical (unpaired) electrons. The van der Waals surface area contributed by atoms with Crippen molar-refractivity contribution in [1.82, 2.24) is 20.4 Å². The average Bonchev–Trinajstić information content (AvgIpc) is 3.29. The summed E-state index contributed by atoms with van der Waals surface area (Å²) >= 11 is 6.14. The zero-order valence-electron chi connectivity index (χ0n) is 12.9. The van der Waals surface area contributed by atoms with Gasteiger partial charge in [-0.15, -0.1) is 0 Å². The van der Waals surface area contributed by atoms with Gasteiger partial charge in [0, 0.05) is 18.3 Å². The van der Waals surface area contributed by atoms with Gasteiger partial charge in [-0.1, -0.05) is 28.9 Å². The first-order chi connectivity index (χ1) is 11.8. The van der Waals surface area contributed by atoms with Crippen LogP contribution in [0.5, 0.6) is 0 Å². The van der Waals surface area contributed by atoms with E-state index >= 15 is 0 Å². The van der Waals surface area contributed by atoms with E-state index in [1.165, 1.54) is 0 Å². The van der Waals surface area contributed by atoms with Gasteiger partial charge < -0.3 is 15.2 Å². The van der Waals surface area contributed by atoms with Gasteiger partial charge in [0.1, 0.15) is 5.82 Å². The van der Waals surface area contributed by atoms with E-state index in [2.05, 4.69) is 25.8 Å². The van der Waals surface area contributed by atoms with Gasteiger partial charge in [0.2, 0.25) is 11.7 Å². The molecule has 3 heterocycles. The van der Waals surface area contributed by atoms with Crippen molar-refractivity contribution in [3.8, 4) is 11.4 Å². The van der Waals surface area contributed by atoms with Crippen LogP contribution in [0, 0.1) is 0 Å². The van der Waals surface area contributed by atoms with Gasteiger partial charge in [0.05, 0.1) is 16.6 Å². The summed E-state index contributed by atoms with van der Waals surface area (Å²) in [5.41, 5.74) is 1.63. The molecule has 122 valence electrons. The second-order valence-electron chi connectivity index (χ2n) is 5.68. The van der Waals surface area contributed by atoms with E-state index in [9.17, 15) is 0 Å². The van der Waals surface area contributed by atoms with Crippen molar-refractivity contribution in [3.63, 3.8) is 0 Å². The Morgan fingerprint density at radius 2 is 2.12 bits per heavy atom. The zero-order valence-corrected chi connectivity index (χ0v) is 13.6. The molecule has 1 aromatic carbocycles. The Morgan fingerprint density at radius 1 is 1.21 bits per heavy atom. The average molecular weight is 342 g/mol. The monoisotopic (exact) mass is 341 g/mol. The Bertz CT molecular complexity index is 827. The van der Waals surface area contributed by atoms with E-state index in [4.69, 9.17) is 16.1 Å². The maximum Gasteiger partial charge on any atom is 0.231 e. The lowest BCUT2D eigenvalue weighted by Gasteiger charge is -2.07. The zero-order chi connectivity index (χ0) is 16.4. The molecule has 1 unspecified atom stereocenters. The highest BCUT2D eigenvalue weighted by Gasteiger charge is 2.23. The Morgan fingerprint density at radius 3 is 2.88 bits per heavy atom. The number of pyridine rings is 1. The molecule has 0 amide bonds. The third-order valence-corrected chi connectivity index (χ3v) is 4.34. The fourth-order valence-electron chi connectivity index (χ4n) is 2.68. The van der Waals surface area contributed by atoms with Crippen molar-refractivity contribution in [2.45, 2.75) is 12.3 Å². The molecule has 0 saturated carbocycles. The van der Waals surface area contributed by atoms with Crippen LogP contribution in [0.2, 0.25) is 5.02 Å². The summed E-state index contributed by atoms with van der Waals surface area (Å²) in [7, 11) is 0. The van der Waals surface area contributed by atoms with Crippen molar-refractivity contribution in [1.29, 1.82) is 0 Å². The second kappa shape index (κ2) is 6.59. The standard InChI is InChI=1S/C17H16ClN5O/c18-13-3-1-2-4-14(13)21-15-6-5-11(10-20-15)16-22-17(24-23-16)12-7-8-19-9-12/h1-6,10,12,19H,7-9H2,(H,20,21). The van der Waals surface area contributed by atoms with Gasteiger partial charge in [0.15, 0.2) is 0 Å². The predicted octanol–water partition coefficient (Wildman–Crippen LogP) is 3.61. The first kappa shape index (κ1) is 15.1. The normalized spacial score (nSPS) is 17.1. The van der Waals surface area contributed by atoms with Crippen LogP contribution < -0.4 is 10.6 Å². The van der Waals surface area contributed by atoms with Gasteiger partial charge >= 0.3 is 0 Å². The van der Waals surface area contributed by atoms with E-state index in [0.717, 1.165) is 30.8 Å². The summed E-state index contributed by atoms with van der Waals surface area (Å²) in [5, 5.41) is 11.2. The molecule has 1 saturated heterocycles. The number of benzene rings is 1. The number of hydrogen-bond donors (Lipinski definition) is 2. The minimum absolute atomic E-state index is 0.306. The fourth-order valence-corrected chi connectivity index (χ4v) is 2.87. The van der Waals surface area contributed by atoms with Crippen LogP contribution in [-0.2, 0) is 0 Å². The summed E-state index contributed by atoms with van der Waals surface area (Å²) in [6.07, 6.45) is 2.75. The van der Waals surface area contributed by atoms with Crippen molar-refractivity contribution in [3.05, 3.63) is 53.5 Å². The molecule has 0 bridgehead atoms. The SMILES string of the molecule is Clc1ccccc1Nc1ccc(-c2noc(C3CCNC3)n2)cn1. The molecule has 6 nitrogen and oxygen atoms in total. The Hall–Kier alpha value is -2.44. The van der Waals surface area contributed by atoms with Crippen LogP contribution in [0.1, 0.15) is 18.2 Å². The lowest BCUT2D eigenvalue weighted by Crippen LogP contribution is -2.08. The molecule has 0 spiro atoms. The Kier molecular flexibility index (Phi) is 4.15. The number of hydrogen-bond acceptors (Lipinski definition) is 6. The topological polar surface area (TPSA) is 75.9 Å². The maximum absolute atomic E-state index is 6.14. The van der Waals surface area contributed by atoms with E-state index in [1.54, 1.807) is 6.20 Å². The molecule has 24 heavy (non-hydrogen) atoms. The third kappa shape index (κ3) is 3.11. The molecular weight excluding hydrogens is 326 g/mol. The van der Waals surface area contributed by atoms with Gasteiger partial charge in [-0.05, 0) is 37.2 Å². The molecule has 3 aromatic rings. The number of nitrogens with one attached hydrogen (secondary N) is 2. The van der Waals surface area contributed by atoms with Gasteiger partial charge in [-0.3, -0.25) is 0 Å². The lowest BCUT2D eigenvalue weighted by atomic mass is 10.1. The van der Waals surface area contributed by atoms with Crippen molar-refractivity contribution in [2.75, 3.05) is 18.4 Å². The lowest BCUT2D eigenvalue weighted by molar-refractivity contribution is 0.359. The summed E-state index contributed by atoms with van der Waals surface area (Å²) in [6, 6.07) is 11.3. The number of nitrogens with zero attached hydrogens (tertiary/aromatic N) is 3. The smallest absolute Gasteiger partial charge is 0.231 e. The largest absolute Gasteiger partial charge is 0.339 e. The summed E-state index contributed by atoms with van der Waals surface area (Å²) in [6.45, 7) is 1.88. The molecule has 1 fully saturated rings. The van der Waals surface area contributed by atoms with Gasteiger partial charge in [-0.25, -0.2) is 4.98 Å². The van der Waals surface area contributed by atoms with E-state index in [-0.39, 0.29) is 0 Å². The van der Waals surface area contributed by atoms with Crippen molar-refractivity contribution < 1.29 is 4.52 Å². The third-order valence-electron chi connectivity index (χ3n) is 4.01. The number of aromatic nitrogens is 3. The van der Waals surface area contributed by atoms with Gasteiger partial charge in [0.25, 0.3) is 0 Å². The molecule has 2 N–H and O–H groups in total. The van der Waals surface area contributed by atoms with E-state index < -0.39 is 0 Å². The molecule has 1 atom stereocenters. The first-order valence-corrected chi connectivity index (χ1v) is 8.20. The number of anilines is 2. The molecular formula is C17H16ClN5O. The number of rotatable bonds is 4. The minimum atomic E-state index is 0.306. The predicted molar refractivity (Wildman–Crippen MR) is 92.5 cm³/mol. The van der Waals surface area contributed by atoms with E-state index in [0.29, 0.717) is 28.5 Å². The molecule has 7 heteroatoms. The summed E-state index contributed by atoms with van der Waals surface area (Å²) < 4.78 is 5.38. The minimum Gasteiger partial charge on any atom is -0.339 e. The quantitative estimate of drug-likeness (QED) is 0.755. The van der Waals surface area contributed by atoms with E-state index in [1.807, 2.05) is 36.4 Å². The van der Waals surface area contributed by atoms with Crippen LogP contribution in [0.3, 0.4) is 0 Å². The summed E-state index contributed by atoms with van der Waals surface area (Å²) in [4.78, 5) is 8.89. The Balaban J connectivity index is 1.50. The highest BCUT2D eigenvalue weighted by molar-refractivity contribution is 6.33. The van der Waals surface area contributed by atoms with Crippen LogP contribution in [0.15, 0.2) is 47.1 Å². The Labute approximate surface area is 144 Å². The highest BCUT2D eigenvalue weighted by Crippen LogP contribution is 2.26. The van der Waals surface area contributed by atoms with Crippen LogP contribution in [-0.4, -0.2) is 28.2 Å². The van der Waals surface area contributed by atoms with Gasteiger partial charge in [-0.2, -0.15) is 4.98 Å². The molecule has 0 aliphatic carbocycles. The first-order valence-electron chi connectivity index (χ1n) is 7.82. The fraction of sp³-hybridized carbons (Fsp3) is 0.235. The molecule has 1 aliphatic heterocycles. The van der Waals surface area contributed by atoms with Crippen LogP contribution in [0.4, 0.5) is 11.5 Å². The molecule has 4 rings (SSSR count). The second-order valence-corrected chi connectivity index (χ2v) is 6.09. The molecule has 2 aromatic heterocycles. The highest BCUT2D eigenvalue weighted by atomic mass is 35.5.